The van der Waals surface area contributed by atoms with Crippen LogP contribution in [0.4, 0.5) is 5.82 Å². The Morgan fingerprint density at radius 1 is 1.15 bits per heavy atom. The van der Waals surface area contributed by atoms with Crippen molar-refractivity contribution in [1.29, 1.82) is 0 Å². The number of aromatic nitrogens is 1. The summed E-state index contributed by atoms with van der Waals surface area (Å²) in [5.74, 6) is -0.0759. The van der Waals surface area contributed by atoms with E-state index in [2.05, 4.69) is 14.8 Å². The molecule has 0 fully saturated rings. The van der Waals surface area contributed by atoms with Crippen LogP contribution in [-0.2, 0) is 0 Å². The van der Waals surface area contributed by atoms with Gasteiger partial charge < -0.3 is 14.9 Å². The maximum atomic E-state index is 11.2. The Morgan fingerprint density at radius 3 is 2.55 bits per heavy atom. The van der Waals surface area contributed by atoms with E-state index in [4.69, 9.17) is 5.11 Å². The number of benzene rings is 1. The number of hydrogen-bond acceptors (Lipinski definition) is 4. The van der Waals surface area contributed by atoms with Crippen molar-refractivity contribution in [3.8, 4) is 0 Å². The largest absolute Gasteiger partial charge is 0.478 e. The molecule has 2 rings (SSSR count). The first-order valence-corrected chi connectivity index (χ1v) is 6.48. The van der Waals surface area contributed by atoms with Crippen LogP contribution in [0.2, 0.25) is 0 Å². The van der Waals surface area contributed by atoms with Crippen LogP contribution in [0, 0.1) is 0 Å². The SMILES string of the molecule is CN(C)CCN(C)c1ccc2c(C(=O)O)cccc2n1. The molecule has 106 valence electrons. The van der Waals surface area contributed by atoms with E-state index in [1.807, 2.05) is 39.3 Å². The van der Waals surface area contributed by atoms with Gasteiger partial charge in [-0.05, 0) is 38.4 Å². The summed E-state index contributed by atoms with van der Waals surface area (Å²) < 4.78 is 0. The highest BCUT2D eigenvalue weighted by atomic mass is 16.4. The predicted octanol–water partition coefficient (Wildman–Crippen LogP) is 1.93. The molecule has 0 radical (unpaired) electrons. The summed E-state index contributed by atoms with van der Waals surface area (Å²) >= 11 is 0. The first kappa shape index (κ1) is 14.3. The summed E-state index contributed by atoms with van der Waals surface area (Å²) in [6.07, 6.45) is 0. The zero-order chi connectivity index (χ0) is 14.7. The van der Waals surface area contributed by atoms with Gasteiger partial charge in [0.05, 0.1) is 11.1 Å². The fourth-order valence-corrected chi connectivity index (χ4v) is 2.01. The number of fused-ring (bicyclic) bond motifs is 1. The van der Waals surface area contributed by atoms with Crippen LogP contribution in [0.5, 0.6) is 0 Å². The second kappa shape index (κ2) is 5.88. The van der Waals surface area contributed by atoms with E-state index in [1.54, 1.807) is 12.1 Å². The van der Waals surface area contributed by atoms with E-state index in [-0.39, 0.29) is 5.56 Å². The normalized spacial score (nSPS) is 11.0. The van der Waals surface area contributed by atoms with Gasteiger partial charge >= 0.3 is 5.97 Å². The molecule has 1 N–H and O–H groups in total. The van der Waals surface area contributed by atoms with E-state index < -0.39 is 5.97 Å². The Morgan fingerprint density at radius 2 is 1.90 bits per heavy atom. The van der Waals surface area contributed by atoms with Gasteiger partial charge in [0, 0.05) is 25.5 Å². The first-order chi connectivity index (χ1) is 9.49. The number of likely N-dealkylation sites (N-methyl/N-ethyl adjacent to an activating group) is 2. The molecule has 5 nitrogen and oxygen atoms in total. The third kappa shape index (κ3) is 3.05. The quantitative estimate of drug-likeness (QED) is 0.902. The van der Waals surface area contributed by atoms with Crippen molar-refractivity contribution in [3.63, 3.8) is 0 Å². The highest BCUT2D eigenvalue weighted by molar-refractivity contribution is 6.02. The maximum absolute atomic E-state index is 11.2. The van der Waals surface area contributed by atoms with Gasteiger partial charge in [-0.2, -0.15) is 0 Å². The van der Waals surface area contributed by atoms with E-state index in [0.29, 0.717) is 10.9 Å². The lowest BCUT2D eigenvalue weighted by molar-refractivity contribution is 0.0699. The first-order valence-electron chi connectivity index (χ1n) is 6.48. The van der Waals surface area contributed by atoms with Crippen LogP contribution in [-0.4, -0.2) is 55.2 Å². The molecule has 0 aliphatic rings. The number of anilines is 1. The zero-order valence-corrected chi connectivity index (χ0v) is 12.0. The summed E-state index contributed by atoms with van der Waals surface area (Å²) in [4.78, 5) is 19.9. The van der Waals surface area contributed by atoms with Gasteiger partial charge in [-0.25, -0.2) is 9.78 Å². The minimum Gasteiger partial charge on any atom is -0.478 e. The second-order valence-electron chi connectivity index (χ2n) is 5.07. The highest BCUT2D eigenvalue weighted by Crippen LogP contribution is 2.20. The van der Waals surface area contributed by atoms with E-state index >= 15 is 0 Å². The summed E-state index contributed by atoms with van der Waals surface area (Å²) in [6, 6.07) is 8.85. The van der Waals surface area contributed by atoms with Crippen molar-refractivity contribution in [2.24, 2.45) is 0 Å². The van der Waals surface area contributed by atoms with Gasteiger partial charge in [0.2, 0.25) is 0 Å². The van der Waals surface area contributed by atoms with Crippen molar-refractivity contribution in [3.05, 3.63) is 35.9 Å². The zero-order valence-electron chi connectivity index (χ0n) is 12.0. The fourth-order valence-electron chi connectivity index (χ4n) is 2.01. The minimum absolute atomic E-state index is 0.289. The molecule has 0 aliphatic heterocycles. The Kier molecular flexibility index (Phi) is 4.20. The molecule has 20 heavy (non-hydrogen) atoms. The Balaban J connectivity index is 2.32. The number of pyridine rings is 1. The summed E-state index contributed by atoms with van der Waals surface area (Å²) in [7, 11) is 6.04. The number of hydrogen-bond donors (Lipinski definition) is 1. The van der Waals surface area contributed by atoms with Gasteiger partial charge in [-0.1, -0.05) is 6.07 Å². The van der Waals surface area contributed by atoms with Gasteiger partial charge in [-0.3, -0.25) is 0 Å². The third-order valence-corrected chi connectivity index (χ3v) is 3.22. The molecular formula is C15H19N3O2. The number of carbonyl (C=O) groups is 1. The van der Waals surface area contributed by atoms with Crippen LogP contribution >= 0.6 is 0 Å². The minimum atomic E-state index is -0.925. The van der Waals surface area contributed by atoms with E-state index in [9.17, 15) is 4.79 Å². The van der Waals surface area contributed by atoms with Crippen molar-refractivity contribution in [1.82, 2.24) is 9.88 Å². The van der Waals surface area contributed by atoms with Crippen LogP contribution in [0.1, 0.15) is 10.4 Å². The van der Waals surface area contributed by atoms with Crippen LogP contribution in [0.15, 0.2) is 30.3 Å². The lowest BCUT2D eigenvalue weighted by atomic mass is 10.1. The molecule has 1 aromatic carbocycles. The Labute approximate surface area is 118 Å². The number of aromatic carboxylic acids is 1. The molecule has 0 amide bonds. The monoisotopic (exact) mass is 273 g/mol. The van der Waals surface area contributed by atoms with Crippen molar-refractivity contribution in [2.45, 2.75) is 0 Å². The maximum Gasteiger partial charge on any atom is 0.336 e. The smallest absolute Gasteiger partial charge is 0.336 e. The second-order valence-corrected chi connectivity index (χ2v) is 5.07. The lowest BCUT2D eigenvalue weighted by Crippen LogP contribution is -2.28. The molecule has 0 saturated carbocycles. The summed E-state index contributed by atoms with van der Waals surface area (Å²) in [5, 5.41) is 9.83. The average molecular weight is 273 g/mol. The average Bonchev–Trinajstić information content (AvgIpc) is 2.43. The fraction of sp³-hybridized carbons (Fsp3) is 0.333. The van der Waals surface area contributed by atoms with Gasteiger partial charge in [0.25, 0.3) is 0 Å². The van der Waals surface area contributed by atoms with E-state index in [0.717, 1.165) is 18.9 Å². The van der Waals surface area contributed by atoms with Gasteiger partial charge in [0.1, 0.15) is 5.82 Å². The van der Waals surface area contributed by atoms with Gasteiger partial charge in [0.15, 0.2) is 0 Å². The molecule has 1 aromatic heterocycles. The van der Waals surface area contributed by atoms with Crippen LogP contribution < -0.4 is 4.90 Å². The standard InChI is InChI=1S/C15H19N3O2/c1-17(2)9-10-18(3)14-8-7-11-12(15(19)20)5-4-6-13(11)16-14/h4-8H,9-10H2,1-3H3,(H,19,20). The number of carboxylic acids is 1. The molecule has 0 atom stereocenters. The number of carboxylic acid groups (broad SMARTS) is 1. The third-order valence-electron chi connectivity index (χ3n) is 3.22. The Hall–Kier alpha value is -2.14. The molecule has 0 spiro atoms. The van der Waals surface area contributed by atoms with Crippen LogP contribution in [0.25, 0.3) is 10.9 Å². The molecule has 0 unspecified atom stereocenters. The molecular weight excluding hydrogens is 254 g/mol. The lowest BCUT2D eigenvalue weighted by Gasteiger charge is -2.20. The van der Waals surface area contributed by atoms with Gasteiger partial charge in [-0.15, -0.1) is 0 Å². The Bertz CT molecular complexity index is 626. The molecule has 2 aromatic rings. The topological polar surface area (TPSA) is 56.7 Å². The number of nitrogens with zero attached hydrogens (tertiary/aromatic N) is 3. The van der Waals surface area contributed by atoms with Crippen molar-refractivity contribution >= 4 is 22.7 Å². The molecule has 1 heterocycles. The predicted molar refractivity (Wildman–Crippen MR) is 80.5 cm³/mol. The van der Waals surface area contributed by atoms with Crippen molar-refractivity contribution in [2.75, 3.05) is 39.1 Å². The molecule has 5 heteroatoms. The molecule has 0 bridgehead atoms. The molecule has 0 aliphatic carbocycles. The highest BCUT2D eigenvalue weighted by Gasteiger charge is 2.10. The van der Waals surface area contributed by atoms with Crippen LogP contribution in [0.3, 0.4) is 0 Å². The van der Waals surface area contributed by atoms with E-state index in [1.165, 1.54) is 0 Å². The summed E-state index contributed by atoms with van der Waals surface area (Å²) in [5.41, 5.74) is 0.997. The summed E-state index contributed by atoms with van der Waals surface area (Å²) in [6.45, 7) is 1.80. The molecule has 0 saturated heterocycles. The number of rotatable bonds is 5. The van der Waals surface area contributed by atoms with Crippen molar-refractivity contribution < 1.29 is 9.90 Å².